The quantitative estimate of drug-likeness (QED) is 0.534. The van der Waals surface area contributed by atoms with E-state index in [9.17, 15) is 13.6 Å². The van der Waals surface area contributed by atoms with Crippen molar-refractivity contribution in [3.8, 4) is 5.82 Å². The summed E-state index contributed by atoms with van der Waals surface area (Å²) in [4.78, 5) is 23.2. The number of benzene rings is 1. The minimum absolute atomic E-state index is 0.0968. The third-order valence-corrected chi connectivity index (χ3v) is 5.35. The van der Waals surface area contributed by atoms with Crippen molar-refractivity contribution >= 4 is 17.1 Å². The minimum atomic E-state index is -2.60. The number of carbonyl (C=O) groups excluding carboxylic acids is 1. The molecule has 4 aromatic rings. The van der Waals surface area contributed by atoms with Gasteiger partial charge in [0.05, 0.1) is 12.1 Å². The number of hydrogen-bond donors (Lipinski definition) is 1. The molecule has 0 aliphatic carbocycles. The lowest BCUT2D eigenvalue weighted by Gasteiger charge is -2.15. The van der Waals surface area contributed by atoms with Crippen LogP contribution in [0.2, 0.25) is 0 Å². The summed E-state index contributed by atoms with van der Waals surface area (Å²) in [6.45, 7) is 0.637. The first-order chi connectivity index (χ1) is 15.0. The average Bonchev–Trinajstić information content (AvgIpc) is 3.48. The number of anilines is 1. The summed E-state index contributed by atoms with van der Waals surface area (Å²) in [7, 11) is 0. The van der Waals surface area contributed by atoms with Crippen molar-refractivity contribution in [2.24, 2.45) is 0 Å². The highest BCUT2D eigenvalue weighted by molar-refractivity contribution is 6.03. The fourth-order valence-electron chi connectivity index (χ4n) is 3.84. The number of aromatic nitrogens is 4. The predicted molar refractivity (Wildman–Crippen MR) is 112 cm³/mol. The summed E-state index contributed by atoms with van der Waals surface area (Å²) >= 11 is 0. The summed E-state index contributed by atoms with van der Waals surface area (Å²) in [5.74, 6) is -2.08. The average molecular weight is 422 g/mol. The molecule has 0 atom stereocenters. The first kappa shape index (κ1) is 19.4. The van der Waals surface area contributed by atoms with Crippen LogP contribution < -0.4 is 5.32 Å². The van der Waals surface area contributed by atoms with Crippen molar-refractivity contribution < 1.29 is 13.6 Å². The molecule has 0 unspecified atom stereocenters. The zero-order chi connectivity index (χ0) is 21.4. The van der Waals surface area contributed by atoms with Crippen LogP contribution in [0.4, 0.5) is 14.5 Å². The maximum absolute atomic E-state index is 13.4. The van der Waals surface area contributed by atoms with Crippen molar-refractivity contribution in [1.29, 1.82) is 0 Å². The lowest BCUT2D eigenvalue weighted by Crippen LogP contribution is -2.24. The Labute approximate surface area is 177 Å². The van der Waals surface area contributed by atoms with Crippen molar-refractivity contribution in [2.45, 2.75) is 18.9 Å². The van der Waals surface area contributed by atoms with Gasteiger partial charge in [0.1, 0.15) is 6.33 Å². The molecular weight excluding hydrogens is 402 g/mol. The van der Waals surface area contributed by atoms with Gasteiger partial charge in [-0.3, -0.25) is 18.7 Å². The number of nitrogens with one attached hydrogen (secondary N) is 1. The molecule has 1 aromatic carbocycles. The Morgan fingerprint density at radius 2 is 1.97 bits per heavy atom. The number of halogens is 2. The largest absolute Gasteiger partial charge is 0.319 e. The Bertz CT molecular complexity index is 1220. The first-order valence-electron chi connectivity index (χ1n) is 9.94. The number of nitrogens with zero attached hydrogens (tertiary/aromatic N) is 5. The number of amides is 1. The molecule has 0 saturated carbocycles. The van der Waals surface area contributed by atoms with Gasteiger partial charge in [-0.15, -0.1) is 0 Å². The van der Waals surface area contributed by atoms with Gasteiger partial charge in [0.2, 0.25) is 5.82 Å². The topological polar surface area (TPSA) is 67.5 Å². The predicted octanol–water partition coefficient (Wildman–Crippen LogP) is 3.61. The van der Waals surface area contributed by atoms with Crippen LogP contribution >= 0.6 is 0 Å². The van der Waals surface area contributed by atoms with Crippen LogP contribution in [-0.2, 0) is 6.54 Å². The van der Waals surface area contributed by atoms with Gasteiger partial charge in [0.25, 0.3) is 11.8 Å². The van der Waals surface area contributed by atoms with Gasteiger partial charge in [-0.05, 0) is 29.8 Å². The summed E-state index contributed by atoms with van der Waals surface area (Å²) in [5.41, 5.74) is 2.31. The lowest BCUT2D eigenvalue weighted by molar-refractivity contribution is 0.0115. The van der Waals surface area contributed by atoms with E-state index in [-0.39, 0.29) is 24.7 Å². The zero-order valence-electron chi connectivity index (χ0n) is 16.6. The molecule has 1 fully saturated rings. The molecule has 7 nitrogen and oxygen atoms in total. The highest BCUT2D eigenvalue weighted by Crippen LogP contribution is 2.28. The van der Waals surface area contributed by atoms with Crippen LogP contribution in [0.3, 0.4) is 0 Å². The van der Waals surface area contributed by atoms with E-state index in [1.807, 2.05) is 30.3 Å². The van der Waals surface area contributed by atoms with Crippen LogP contribution in [0.5, 0.6) is 0 Å². The summed E-state index contributed by atoms with van der Waals surface area (Å²) in [6, 6.07) is 12.8. The van der Waals surface area contributed by atoms with Crippen LogP contribution in [0.25, 0.3) is 11.3 Å². The monoisotopic (exact) mass is 422 g/mol. The molecule has 0 bridgehead atoms. The number of carbonyl (C=O) groups is 1. The Balaban J connectivity index is 1.33. The Morgan fingerprint density at radius 1 is 1.13 bits per heavy atom. The molecule has 1 amide bonds. The molecular formula is C22H20F2N6O. The van der Waals surface area contributed by atoms with Gasteiger partial charge in [0, 0.05) is 43.8 Å². The molecule has 1 N–H and O–H groups in total. The second-order valence-electron chi connectivity index (χ2n) is 7.65. The van der Waals surface area contributed by atoms with Crippen LogP contribution in [0, 0.1) is 0 Å². The molecule has 1 aliphatic rings. The van der Waals surface area contributed by atoms with E-state index in [0.29, 0.717) is 24.6 Å². The summed E-state index contributed by atoms with van der Waals surface area (Å²) < 4.78 is 30.2. The first-order valence-corrected chi connectivity index (χ1v) is 9.94. The Kier molecular flexibility index (Phi) is 4.74. The molecule has 4 heterocycles. The third-order valence-electron chi connectivity index (χ3n) is 5.35. The standard InChI is InChI=1S/C22H20F2N6O/c23-22(24)8-11-28(14-22)13-16-4-6-17(7-5-16)26-21(31)20-27-19(29-12-9-25-15-29)18-3-1-2-10-30(18)20/h1-7,9-10,12,15H,8,11,13-14H2,(H,26,31). The normalized spacial score (nSPS) is 16.1. The van der Waals surface area contributed by atoms with Crippen molar-refractivity contribution in [1.82, 2.24) is 23.8 Å². The smallest absolute Gasteiger partial charge is 0.292 e. The van der Waals surface area contributed by atoms with Crippen LogP contribution in [0.15, 0.2) is 67.4 Å². The fourth-order valence-corrected chi connectivity index (χ4v) is 3.84. The van der Waals surface area contributed by atoms with E-state index in [0.717, 1.165) is 11.1 Å². The highest BCUT2D eigenvalue weighted by atomic mass is 19.3. The second-order valence-corrected chi connectivity index (χ2v) is 7.65. The molecule has 1 aliphatic heterocycles. The molecule has 9 heteroatoms. The Hall–Kier alpha value is -3.59. The van der Waals surface area contributed by atoms with E-state index in [4.69, 9.17) is 0 Å². The number of pyridine rings is 1. The molecule has 0 radical (unpaired) electrons. The molecule has 31 heavy (non-hydrogen) atoms. The maximum Gasteiger partial charge on any atom is 0.292 e. The highest BCUT2D eigenvalue weighted by Gasteiger charge is 2.37. The van der Waals surface area contributed by atoms with Gasteiger partial charge in [0.15, 0.2) is 5.82 Å². The minimum Gasteiger partial charge on any atom is -0.319 e. The van der Waals surface area contributed by atoms with E-state index >= 15 is 0 Å². The molecule has 158 valence electrons. The zero-order valence-corrected chi connectivity index (χ0v) is 16.6. The summed E-state index contributed by atoms with van der Waals surface area (Å²) in [5, 5.41) is 2.86. The van der Waals surface area contributed by atoms with Gasteiger partial charge < -0.3 is 5.32 Å². The number of imidazole rings is 2. The van der Waals surface area contributed by atoms with Crippen molar-refractivity contribution in [3.63, 3.8) is 0 Å². The number of rotatable bonds is 5. The number of fused-ring (bicyclic) bond motifs is 1. The fraction of sp³-hybridized carbons (Fsp3) is 0.227. The van der Waals surface area contributed by atoms with Gasteiger partial charge in [-0.2, -0.15) is 0 Å². The van der Waals surface area contributed by atoms with Crippen LogP contribution in [-0.4, -0.2) is 48.8 Å². The molecule has 3 aromatic heterocycles. The summed E-state index contributed by atoms with van der Waals surface area (Å²) in [6.07, 6.45) is 6.74. The van der Waals surface area contributed by atoms with E-state index in [1.165, 1.54) is 0 Å². The van der Waals surface area contributed by atoms with Gasteiger partial charge in [-0.25, -0.2) is 18.7 Å². The number of hydrogen-bond acceptors (Lipinski definition) is 4. The van der Waals surface area contributed by atoms with Crippen molar-refractivity contribution in [2.75, 3.05) is 18.4 Å². The number of likely N-dealkylation sites (tertiary alicyclic amines) is 1. The second kappa shape index (κ2) is 7.59. The Morgan fingerprint density at radius 3 is 2.68 bits per heavy atom. The third kappa shape index (κ3) is 3.91. The molecule has 5 rings (SSSR count). The van der Waals surface area contributed by atoms with E-state index in [1.54, 1.807) is 50.9 Å². The van der Waals surface area contributed by atoms with E-state index < -0.39 is 5.92 Å². The lowest BCUT2D eigenvalue weighted by atomic mass is 10.2. The van der Waals surface area contributed by atoms with Crippen molar-refractivity contribution in [3.05, 3.63) is 78.8 Å². The molecule has 0 spiro atoms. The van der Waals surface area contributed by atoms with E-state index in [2.05, 4.69) is 15.3 Å². The molecule has 1 saturated heterocycles. The SMILES string of the molecule is O=C(Nc1ccc(CN2CCC(F)(F)C2)cc1)c1nc(-n2ccnc2)c2ccccn12. The van der Waals surface area contributed by atoms with Gasteiger partial charge >= 0.3 is 0 Å². The number of alkyl halides is 2. The maximum atomic E-state index is 13.4. The van der Waals surface area contributed by atoms with Crippen LogP contribution in [0.1, 0.15) is 22.6 Å². The van der Waals surface area contributed by atoms with Gasteiger partial charge in [-0.1, -0.05) is 18.2 Å².